The number of ether oxygens (including phenoxy) is 1. The van der Waals surface area contributed by atoms with Crippen molar-refractivity contribution in [1.82, 2.24) is 0 Å². The molecule has 1 nitrogen and oxygen atoms in total. The first-order valence-corrected chi connectivity index (χ1v) is 5.87. The van der Waals surface area contributed by atoms with Crippen LogP contribution in [0.3, 0.4) is 0 Å². The summed E-state index contributed by atoms with van der Waals surface area (Å²) in [7, 11) is 5.60. The van der Waals surface area contributed by atoms with Gasteiger partial charge in [-0.15, -0.1) is 0 Å². The molecular formula is C15H15BO. The van der Waals surface area contributed by atoms with Gasteiger partial charge in [0.2, 0.25) is 0 Å². The summed E-state index contributed by atoms with van der Waals surface area (Å²) < 4.78 is 5.63. The molecule has 0 atom stereocenters. The lowest BCUT2D eigenvalue weighted by atomic mass is 9.97. The molecule has 0 heterocycles. The molecule has 2 aromatic rings. The molecular weight excluding hydrogens is 207 g/mol. The van der Waals surface area contributed by atoms with Gasteiger partial charge in [0.1, 0.15) is 13.6 Å². The lowest BCUT2D eigenvalue weighted by Crippen LogP contribution is -2.03. The van der Waals surface area contributed by atoms with Crippen molar-refractivity contribution < 1.29 is 4.74 Å². The average Bonchev–Trinajstić information content (AvgIpc) is 2.38. The van der Waals surface area contributed by atoms with Crippen LogP contribution in [0.15, 0.2) is 54.6 Å². The zero-order valence-electron chi connectivity index (χ0n) is 9.80. The van der Waals surface area contributed by atoms with Gasteiger partial charge < -0.3 is 4.74 Å². The molecule has 0 saturated heterocycles. The molecule has 17 heavy (non-hydrogen) atoms. The maximum Gasteiger partial charge on any atom is 0.119 e. The lowest BCUT2D eigenvalue weighted by Gasteiger charge is -2.06. The Morgan fingerprint density at radius 2 is 1.59 bits per heavy atom. The third-order valence-corrected chi connectivity index (χ3v) is 2.60. The second kappa shape index (κ2) is 6.14. The van der Waals surface area contributed by atoms with Crippen molar-refractivity contribution in [2.45, 2.75) is 12.8 Å². The Bertz CT molecular complexity index is 436. The molecule has 0 amide bonds. The molecule has 2 rings (SSSR count). The summed E-state index contributed by atoms with van der Waals surface area (Å²) in [4.78, 5) is 0. The van der Waals surface area contributed by atoms with Crippen LogP contribution in [0.4, 0.5) is 0 Å². The topological polar surface area (TPSA) is 9.23 Å². The van der Waals surface area contributed by atoms with Gasteiger partial charge in [-0.05, 0) is 30.5 Å². The van der Waals surface area contributed by atoms with Crippen LogP contribution >= 0.6 is 0 Å². The van der Waals surface area contributed by atoms with Gasteiger partial charge in [-0.25, -0.2) is 0 Å². The van der Waals surface area contributed by atoms with Crippen LogP contribution in [0.5, 0.6) is 5.75 Å². The Kier molecular flexibility index (Phi) is 4.26. The van der Waals surface area contributed by atoms with Crippen LogP contribution in [0.25, 0.3) is 0 Å². The van der Waals surface area contributed by atoms with E-state index in [2.05, 4.69) is 24.3 Å². The standard InChI is InChI=1S/C15H15BO/c16-14-8-10-15(11-9-14)17-12-4-7-13-5-2-1-3-6-13/h1-3,5-6,8-11H,4,7,12H2. The number of rotatable bonds is 5. The van der Waals surface area contributed by atoms with Gasteiger partial charge in [0.15, 0.2) is 0 Å². The van der Waals surface area contributed by atoms with Gasteiger partial charge in [-0.3, -0.25) is 0 Å². The van der Waals surface area contributed by atoms with E-state index in [0.29, 0.717) is 0 Å². The highest BCUT2D eigenvalue weighted by atomic mass is 16.5. The Morgan fingerprint density at radius 3 is 2.29 bits per heavy atom. The molecule has 0 spiro atoms. The zero-order valence-corrected chi connectivity index (χ0v) is 9.80. The Labute approximate surface area is 104 Å². The average molecular weight is 222 g/mol. The number of hydrogen-bond acceptors (Lipinski definition) is 1. The van der Waals surface area contributed by atoms with Crippen molar-refractivity contribution in [2.24, 2.45) is 0 Å². The highest BCUT2D eigenvalue weighted by Gasteiger charge is 1.94. The molecule has 84 valence electrons. The minimum atomic E-state index is 0.735. The van der Waals surface area contributed by atoms with Crippen molar-refractivity contribution in [3.63, 3.8) is 0 Å². The Balaban J connectivity index is 1.71. The van der Waals surface area contributed by atoms with E-state index >= 15 is 0 Å². The Morgan fingerprint density at radius 1 is 0.882 bits per heavy atom. The SMILES string of the molecule is [B]c1ccc(OCCCc2ccccc2)cc1. The van der Waals surface area contributed by atoms with E-state index in [-0.39, 0.29) is 0 Å². The molecule has 0 aromatic heterocycles. The summed E-state index contributed by atoms with van der Waals surface area (Å²) in [5, 5.41) is 0. The van der Waals surface area contributed by atoms with E-state index in [4.69, 9.17) is 12.6 Å². The predicted octanol–water partition coefficient (Wildman–Crippen LogP) is 2.49. The monoisotopic (exact) mass is 222 g/mol. The first-order chi connectivity index (χ1) is 8.34. The molecule has 0 aliphatic carbocycles. The van der Waals surface area contributed by atoms with Crippen molar-refractivity contribution in [3.8, 4) is 5.75 Å². The lowest BCUT2D eigenvalue weighted by molar-refractivity contribution is 0.311. The van der Waals surface area contributed by atoms with Crippen LogP contribution in [0.1, 0.15) is 12.0 Å². The maximum atomic E-state index is 5.63. The van der Waals surface area contributed by atoms with Crippen molar-refractivity contribution >= 4 is 13.3 Å². The summed E-state index contributed by atoms with van der Waals surface area (Å²) in [5.74, 6) is 0.882. The number of benzene rings is 2. The van der Waals surface area contributed by atoms with E-state index in [1.807, 2.05) is 30.3 Å². The van der Waals surface area contributed by atoms with Crippen LogP contribution in [-0.4, -0.2) is 14.5 Å². The fourth-order valence-electron chi connectivity index (χ4n) is 1.68. The van der Waals surface area contributed by atoms with E-state index in [1.165, 1.54) is 5.56 Å². The number of hydrogen-bond donors (Lipinski definition) is 0. The van der Waals surface area contributed by atoms with Crippen LogP contribution in [0, 0.1) is 0 Å². The highest BCUT2D eigenvalue weighted by molar-refractivity contribution is 6.32. The minimum Gasteiger partial charge on any atom is -0.494 e. The molecule has 2 aromatic carbocycles. The minimum absolute atomic E-state index is 0.735. The van der Waals surface area contributed by atoms with Crippen molar-refractivity contribution in [3.05, 3.63) is 60.2 Å². The van der Waals surface area contributed by atoms with Gasteiger partial charge in [0.25, 0.3) is 0 Å². The molecule has 0 aliphatic heterocycles. The maximum absolute atomic E-state index is 5.63. The molecule has 0 bridgehead atoms. The normalized spacial score (nSPS) is 10.1. The van der Waals surface area contributed by atoms with Crippen LogP contribution in [-0.2, 0) is 6.42 Å². The number of aryl methyl sites for hydroxylation is 1. The first kappa shape index (κ1) is 11.8. The highest BCUT2D eigenvalue weighted by Crippen LogP contribution is 2.08. The van der Waals surface area contributed by atoms with Gasteiger partial charge in [-0.1, -0.05) is 47.9 Å². The van der Waals surface area contributed by atoms with E-state index in [1.54, 1.807) is 0 Å². The predicted molar refractivity (Wildman–Crippen MR) is 72.1 cm³/mol. The Hall–Kier alpha value is -1.70. The van der Waals surface area contributed by atoms with Gasteiger partial charge >= 0.3 is 0 Å². The zero-order chi connectivity index (χ0) is 11.9. The largest absolute Gasteiger partial charge is 0.494 e. The second-order valence-corrected chi connectivity index (χ2v) is 4.01. The molecule has 0 aliphatic rings. The molecule has 0 fully saturated rings. The molecule has 0 saturated carbocycles. The first-order valence-electron chi connectivity index (χ1n) is 5.87. The quantitative estimate of drug-likeness (QED) is 0.557. The third kappa shape index (κ3) is 3.99. The summed E-state index contributed by atoms with van der Waals surface area (Å²) in [6.07, 6.45) is 2.07. The van der Waals surface area contributed by atoms with E-state index in [9.17, 15) is 0 Å². The molecule has 2 radical (unpaired) electrons. The molecule has 0 unspecified atom stereocenters. The van der Waals surface area contributed by atoms with Crippen molar-refractivity contribution in [1.29, 1.82) is 0 Å². The van der Waals surface area contributed by atoms with Gasteiger partial charge in [0, 0.05) is 0 Å². The third-order valence-electron chi connectivity index (χ3n) is 2.60. The van der Waals surface area contributed by atoms with Crippen LogP contribution in [0.2, 0.25) is 0 Å². The van der Waals surface area contributed by atoms with E-state index < -0.39 is 0 Å². The summed E-state index contributed by atoms with van der Waals surface area (Å²) in [5.41, 5.74) is 2.12. The summed E-state index contributed by atoms with van der Waals surface area (Å²) >= 11 is 0. The van der Waals surface area contributed by atoms with Crippen LogP contribution < -0.4 is 10.2 Å². The van der Waals surface area contributed by atoms with Gasteiger partial charge in [0.05, 0.1) is 6.61 Å². The summed E-state index contributed by atoms with van der Waals surface area (Å²) in [6, 6.07) is 18.0. The summed E-state index contributed by atoms with van der Waals surface area (Å²) in [6.45, 7) is 0.735. The smallest absolute Gasteiger partial charge is 0.119 e. The van der Waals surface area contributed by atoms with E-state index in [0.717, 1.165) is 30.7 Å². The molecule has 0 N–H and O–H groups in total. The fraction of sp³-hybridized carbons (Fsp3) is 0.200. The fourth-order valence-corrected chi connectivity index (χ4v) is 1.68. The molecule has 2 heteroatoms. The van der Waals surface area contributed by atoms with Crippen molar-refractivity contribution in [2.75, 3.05) is 6.61 Å². The van der Waals surface area contributed by atoms with Gasteiger partial charge in [-0.2, -0.15) is 0 Å². The second-order valence-electron chi connectivity index (χ2n) is 4.01.